The van der Waals surface area contributed by atoms with E-state index in [-0.39, 0.29) is 75.6 Å². The number of aromatic nitrogens is 2. The Morgan fingerprint density at radius 2 is 1.02 bits per heavy atom. The SMILES string of the molecule is O=C1NC(=O)c2c1c1c3cc(F)c(F)cc3n3c1c1c2c2cc(F)c(F)cc2n1[C@@H]1OC(COCc2ccccc2)[C@@H]3C(OCc2ccccc2)C1OCc1ccccc1. The summed E-state index contributed by atoms with van der Waals surface area (Å²) >= 11 is 0. The second-order valence-corrected chi connectivity index (χ2v) is 15.4. The first-order chi connectivity index (χ1) is 29.3. The molecule has 0 radical (unpaired) electrons. The van der Waals surface area contributed by atoms with Crippen LogP contribution in [0.5, 0.6) is 0 Å². The smallest absolute Gasteiger partial charge is 0.259 e. The van der Waals surface area contributed by atoms with Crippen molar-refractivity contribution in [3.8, 4) is 0 Å². The number of hydrogen-bond acceptors (Lipinski definition) is 6. The molecule has 11 rings (SSSR count). The number of fused-ring (bicyclic) bond motifs is 14. The van der Waals surface area contributed by atoms with Crippen molar-refractivity contribution in [1.29, 1.82) is 0 Å². The average molecular weight is 812 g/mol. The van der Waals surface area contributed by atoms with Crippen LogP contribution in [0.15, 0.2) is 115 Å². The second kappa shape index (κ2) is 14.1. The minimum Gasteiger partial charge on any atom is -0.374 e. The highest BCUT2D eigenvalue weighted by atomic mass is 19.2. The fourth-order valence-corrected chi connectivity index (χ4v) is 9.42. The van der Waals surface area contributed by atoms with E-state index in [2.05, 4.69) is 5.32 Å². The third-order valence-corrected chi connectivity index (χ3v) is 11.9. The van der Waals surface area contributed by atoms with Gasteiger partial charge in [0, 0.05) is 33.7 Å². The van der Waals surface area contributed by atoms with Crippen LogP contribution in [0, 0.1) is 23.3 Å². The predicted molar refractivity (Wildman–Crippen MR) is 213 cm³/mol. The van der Waals surface area contributed by atoms with Crippen molar-refractivity contribution >= 4 is 55.4 Å². The number of ether oxygens (including phenoxy) is 4. The van der Waals surface area contributed by atoms with Crippen LogP contribution in [0.2, 0.25) is 0 Å². The maximum atomic E-state index is 15.7. The van der Waals surface area contributed by atoms with Crippen LogP contribution < -0.4 is 5.32 Å². The number of benzene rings is 6. The van der Waals surface area contributed by atoms with Crippen molar-refractivity contribution in [2.45, 2.75) is 50.4 Å². The molecule has 3 aliphatic rings. The average Bonchev–Trinajstić information content (AvgIpc) is 3.84. The Balaban J connectivity index is 1.25. The van der Waals surface area contributed by atoms with Gasteiger partial charge in [0.25, 0.3) is 11.8 Å². The molecule has 13 heteroatoms. The first kappa shape index (κ1) is 36.7. The molecule has 5 heterocycles. The normalized spacial score (nSPS) is 20.8. The lowest BCUT2D eigenvalue weighted by Gasteiger charge is -2.49. The molecule has 0 aliphatic carbocycles. The van der Waals surface area contributed by atoms with Crippen LogP contribution >= 0.6 is 0 Å². The summed E-state index contributed by atoms with van der Waals surface area (Å²) in [5, 5.41) is 2.94. The summed E-state index contributed by atoms with van der Waals surface area (Å²) in [6.07, 6.45) is -4.01. The van der Waals surface area contributed by atoms with Crippen LogP contribution in [0.4, 0.5) is 17.6 Å². The topological polar surface area (TPSA) is 93.0 Å². The molecule has 0 spiro atoms. The molecule has 1 saturated heterocycles. The zero-order valence-corrected chi connectivity index (χ0v) is 31.5. The molecule has 1 fully saturated rings. The molecule has 300 valence electrons. The van der Waals surface area contributed by atoms with Crippen LogP contribution in [-0.4, -0.2) is 45.9 Å². The first-order valence-electron chi connectivity index (χ1n) is 19.5. The highest BCUT2D eigenvalue weighted by Gasteiger charge is 2.53. The maximum Gasteiger partial charge on any atom is 0.259 e. The van der Waals surface area contributed by atoms with Crippen LogP contribution in [0.1, 0.15) is 49.7 Å². The lowest BCUT2D eigenvalue weighted by molar-refractivity contribution is -0.258. The lowest BCUT2D eigenvalue weighted by Crippen LogP contribution is -2.56. The van der Waals surface area contributed by atoms with Crippen molar-refractivity contribution in [1.82, 2.24) is 14.5 Å². The number of nitrogens with zero attached hydrogens (tertiary/aromatic N) is 2. The van der Waals surface area contributed by atoms with Crippen molar-refractivity contribution in [3.63, 3.8) is 0 Å². The Hall–Kier alpha value is -6.38. The molecule has 0 saturated carbocycles. The molecule has 1 N–H and O–H groups in total. The number of carbonyl (C=O) groups is 2. The summed E-state index contributed by atoms with van der Waals surface area (Å²) in [6, 6.07) is 31.6. The van der Waals surface area contributed by atoms with Crippen LogP contribution in [-0.2, 0) is 38.8 Å². The Kier molecular flexibility index (Phi) is 8.64. The fraction of sp³-hybridized carbons (Fsp3) is 0.191. The van der Waals surface area contributed by atoms with Crippen molar-refractivity contribution < 1.29 is 46.1 Å². The molecule has 8 aromatic rings. The van der Waals surface area contributed by atoms with Crippen molar-refractivity contribution in [3.05, 3.63) is 166 Å². The van der Waals surface area contributed by atoms with Gasteiger partial charge in [0.1, 0.15) is 18.3 Å². The Labute approximate surface area is 338 Å². The van der Waals surface area contributed by atoms with E-state index in [4.69, 9.17) is 18.9 Å². The molecular formula is C47H33F4N3O6. The first-order valence-corrected chi connectivity index (χ1v) is 19.5. The summed E-state index contributed by atoms with van der Waals surface area (Å²) in [5.74, 6) is -6.23. The van der Waals surface area contributed by atoms with Gasteiger partial charge in [-0.25, -0.2) is 17.6 Å². The van der Waals surface area contributed by atoms with Gasteiger partial charge >= 0.3 is 0 Å². The van der Waals surface area contributed by atoms with E-state index >= 15 is 17.6 Å². The molecule has 5 atom stereocenters. The van der Waals surface area contributed by atoms with E-state index in [1.165, 1.54) is 0 Å². The van der Waals surface area contributed by atoms with E-state index in [0.717, 1.165) is 41.0 Å². The van der Waals surface area contributed by atoms with Gasteiger partial charge in [-0.3, -0.25) is 14.9 Å². The Morgan fingerprint density at radius 1 is 0.567 bits per heavy atom. The summed E-state index contributed by atoms with van der Waals surface area (Å²) in [4.78, 5) is 27.8. The summed E-state index contributed by atoms with van der Waals surface area (Å²) in [6.45, 7) is 0.344. The van der Waals surface area contributed by atoms with Gasteiger partial charge in [0.15, 0.2) is 29.5 Å². The van der Waals surface area contributed by atoms with E-state index in [1.54, 1.807) is 9.13 Å². The van der Waals surface area contributed by atoms with E-state index in [1.807, 2.05) is 91.0 Å². The molecule has 9 nitrogen and oxygen atoms in total. The minimum atomic E-state index is -1.18. The highest BCUT2D eigenvalue weighted by Crippen LogP contribution is 2.53. The molecule has 60 heavy (non-hydrogen) atoms. The third kappa shape index (κ3) is 5.60. The third-order valence-electron chi connectivity index (χ3n) is 11.9. The van der Waals surface area contributed by atoms with Gasteiger partial charge in [-0.05, 0) is 28.8 Å². The number of amides is 2. The zero-order chi connectivity index (χ0) is 40.8. The van der Waals surface area contributed by atoms with Gasteiger partial charge in [-0.2, -0.15) is 0 Å². The molecule has 6 aromatic carbocycles. The predicted octanol–water partition coefficient (Wildman–Crippen LogP) is 9.18. The molecule has 2 bridgehead atoms. The van der Waals surface area contributed by atoms with Crippen LogP contribution in [0.25, 0.3) is 43.6 Å². The van der Waals surface area contributed by atoms with E-state index < -0.39 is 65.7 Å². The van der Waals surface area contributed by atoms with Gasteiger partial charge < -0.3 is 28.1 Å². The molecule has 2 aromatic heterocycles. The second-order valence-electron chi connectivity index (χ2n) is 15.4. The number of rotatable bonds is 10. The molecule has 3 unspecified atom stereocenters. The number of hydrogen-bond donors (Lipinski definition) is 1. The molecular weight excluding hydrogens is 779 g/mol. The number of imide groups is 1. The number of halogens is 4. The van der Waals surface area contributed by atoms with E-state index in [0.29, 0.717) is 5.52 Å². The van der Waals surface area contributed by atoms with Crippen molar-refractivity contribution in [2.75, 3.05) is 6.61 Å². The van der Waals surface area contributed by atoms with Gasteiger partial charge in [-0.1, -0.05) is 91.0 Å². The molecule has 2 amide bonds. The van der Waals surface area contributed by atoms with Crippen molar-refractivity contribution in [2.24, 2.45) is 0 Å². The lowest BCUT2D eigenvalue weighted by atomic mass is 9.92. The van der Waals surface area contributed by atoms with Gasteiger partial charge in [0.2, 0.25) is 0 Å². The maximum absolute atomic E-state index is 15.7. The van der Waals surface area contributed by atoms with Crippen LogP contribution in [0.3, 0.4) is 0 Å². The van der Waals surface area contributed by atoms with Gasteiger partial charge in [0.05, 0.1) is 65.7 Å². The summed E-state index contributed by atoms with van der Waals surface area (Å²) in [5.41, 5.74) is 3.23. The summed E-state index contributed by atoms with van der Waals surface area (Å²) in [7, 11) is 0. The van der Waals surface area contributed by atoms with E-state index in [9.17, 15) is 9.59 Å². The zero-order valence-electron chi connectivity index (χ0n) is 31.5. The summed E-state index contributed by atoms with van der Waals surface area (Å²) < 4.78 is 93.2. The highest BCUT2D eigenvalue weighted by molar-refractivity contribution is 6.39. The standard InChI is InChI=1S/C47H33F4N3O6/c48-29-16-27-33(18-31(29)50)53-40-35(23-57-20-24-10-4-1-5-11-24)60-47(44(59-22-26-14-8-3-9-15-26)43(40)58-21-25-12-6-2-7-13-25)54-34-19-32(51)30(49)17-28(34)37-39-38(45(55)52-46(39)56)36(27)41(53)42(37)54/h1-19,35,40,43-44,47H,20-23H2,(H,52,55,56)/t35?,40-,43?,44?,47-/m1/s1. The minimum absolute atomic E-state index is 0.0396. The quantitative estimate of drug-likeness (QED) is 0.109. The van der Waals surface area contributed by atoms with Gasteiger partial charge in [-0.15, -0.1) is 0 Å². The Morgan fingerprint density at radius 3 is 1.55 bits per heavy atom. The monoisotopic (exact) mass is 811 g/mol. The molecule has 3 aliphatic heterocycles. The number of carbonyl (C=O) groups excluding carboxylic acids is 2. The fourth-order valence-electron chi connectivity index (χ4n) is 9.42. The largest absolute Gasteiger partial charge is 0.374 e. The number of nitrogens with one attached hydrogen (secondary N) is 1. The Bertz CT molecular complexity index is 3050.